The van der Waals surface area contributed by atoms with E-state index in [1.807, 2.05) is 0 Å². The molecule has 0 N–H and O–H groups in total. The Hall–Kier alpha value is -5.40. The van der Waals surface area contributed by atoms with Gasteiger partial charge in [-0.2, -0.15) is 0 Å². The highest BCUT2D eigenvalue weighted by Gasteiger charge is 2.37. The van der Waals surface area contributed by atoms with Gasteiger partial charge < -0.3 is 4.90 Å². The van der Waals surface area contributed by atoms with Crippen molar-refractivity contribution in [3.8, 4) is 33.4 Å². The van der Waals surface area contributed by atoms with Crippen molar-refractivity contribution in [1.29, 1.82) is 0 Å². The minimum absolute atomic E-state index is 0.0996. The molecule has 0 bridgehead atoms. The molecule has 7 aromatic rings. The predicted octanol–water partition coefficient (Wildman–Crippen LogP) is 12.8. The number of nitrogens with zero attached hydrogens (tertiary/aromatic N) is 1. The lowest BCUT2D eigenvalue weighted by Crippen LogP contribution is -2.17. The lowest BCUT2D eigenvalue weighted by Gasteiger charge is -2.31. The fourth-order valence-corrected chi connectivity index (χ4v) is 8.35. The van der Waals surface area contributed by atoms with Crippen LogP contribution in [0.15, 0.2) is 152 Å². The molecule has 232 valence electrons. The van der Waals surface area contributed by atoms with Gasteiger partial charge in [0, 0.05) is 22.4 Å². The van der Waals surface area contributed by atoms with Crippen molar-refractivity contribution in [3.63, 3.8) is 0 Å². The predicted molar refractivity (Wildman–Crippen MR) is 204 cm³/mol. The van der Waals surface area contributed by atoms with E-state index in [1.54, 1.807) is 0 Å². The maximum absolute atomic E-state index is 2.52. The summed E-state index contributed by atoms with van der Waals surface area (Å²) < 4.78 is 0. The number of anilines is 3. The highest BCUT2D eigenvalue weighted by molar-refractivity contribution is 5.96. The van der Waals surface area contributed by atoms with Crippen LogP contribution in [-0.2, 0) is 18.3 Å². The van der Waals surface area contributed by atoms with Crippen LogP contribution in [0.4, 0.5) is 17.1 Å². The van der Waals surface area contributed by atoms with Crippen LogP contribution in [0.2, 0.25) is 0 Å². The molecule has 0 radical (unpaired) electrons. The van der Waals surface area contributed by atoms with Crippen LogP contribution in [-0.4, -0.2) is 0 Å². The standard InChI is InChI=1S/C47H39N/c1-47(2)44-22-11-10-20-41(44)42-30-43(40-21-12-16-34-14-8-9-19-39(34)40)46(31-45(42)47)48(37-17-4-3-5-18-37)38-27-25-33(26-28-38)36-24-23-32-13-6-7-15-35(32)29-36/h3-7,10-13,15-18,20-31H,8-9,14,19H2,1-2H3. The Morgan fingerprint density at radius 1 is 0.458 bits per heavy atom. The molecular formula is C47H39N. The molecule has 0 saturated heterocycles. The molecule has 0 spiro atoms. The highest BCUT2D eigenvalue weighted by Crippen LogP contribution is 2.54. The minimum atomic E-state index is -0.0996. The van der Waals surface area contributed by atoms with E-state index < -0.39 is 0 Å². The van der Waals surface area contributed by atoms with Crippen LogP contribution in [0.5, 0.6) is 0 Å². The van der Waals surface area contributed by atoms with Gasteiger partial charge in [-0.1, -0.05) is 123 Å². The van der Waals surface area contributed by atoms with Crippen LogP contribution < -0.4 is 4.90 Å². The maximum Gasteiger partial charge on any atom is 0.0543 e. The summed E-state index contributed by atoms with van der Waals surface area (Å²) in [7, 11) is 0. The zero-order chi connectivity index (χ0) is 32.2. The quantitative estimate of drug-likeness (QED) is 0.186. The third kappa shape index (κ3) is 4.68. The van der Waals surface area contributed by atoms with Crippen LogP contribution >= 0.6 is 0 Å². The molecule has 1 heteroatoms. The Bertz CT molecular complexity index is 2310. The van der Waals surface area contributed by atoms with Gasteiger partial charge in [-0.05, 0) is 129 Å². The molecular weight excluding hydrogens is 579 g/mol. The first-order chi connectivity index (χ1) is 23.6. The molecule has 0 saturated carbocycles. The van der Waals surface area contributed by atoms with E-state index in [9.17, 15) is 0 Å². The van der Waals surface area contributed by atoms with Crippen molar-refractivity contribution in [2.45, 2.75) is 44.9 Å². The average Bonchev–Trinajstić information content (AvgIpc) is 3.37. The van der Waals surface area contributed by atoms with E-state index >= 15 is 0 Å². The van der Waals surface area contributed by atoms with Crippen LogP contribution in [0, 0.1) is 0 Å². The summed E-state index contributed by atoms with van der Waals surface area (Å²) in [5.74, 6) is 0. The van der Waals surface area contributed by atoms with Gasteiger partial charge in [-0.3, -0.25) is 0 Å². The summed E-state index contributed by atoms with van der Waals surface area (Å²) >= 11 is 0. The molecule has 7 aromatic carbocycles. The van der Waals surface area contributed by atoms with E-state index in [1.165, 1.54) is 84.9 Å². The Labute approximate surface area is 284 Å². The molecule has 2 aliphatic carbocycles. The SMILES string of the molecule is CC1(C)c2ccccc2-c2cc(-c3cccc4c3CCCC4)c(N(c3ccccc3)c3ccc(-c4ccc5ccccc5c4)cc3)cc21. The minimum Gasteiger partial charge on any atom is -0.310 e. The van der Waals surface area contributed by atoms with Crippen LogP contribution in [0.25, 0.3) is 44.2 Å². The van der Waals surface area contributed by atoms with Gasteiger partial charge in [-0.15, -0.1) is 0 Å². The number of hydrogen-bond donors (Lipinski definition) is 0. The third-order valence-corrected chi connectivity index (χ3v) is 10.8. The summed E-state index contributed by atoms with van der Waals surface area (Å²) in [5, 5.41) is 2.54. The molecule has 0 unspecified atom stereocenters. The molecule has 48 heavy (non-hydrogen) atoms. The number of benzene rings is 7. The molecule has 0 fully saturated rings. The number of hydrogen-bond acceptors (Lipinski definition) is 1. The fourth-order valence-electron chi connectivity index (χ4n) is 8.35. The van der Waals surface area contributed by atoms with Crippen molar-refractivity contribution in [2.75, 3.05) is 4.90 Å². The molecule has 2 aliphatic rings. The zero-order valence-electron chi connectivity index (χ0n) is 27.7. The Morgan fingerprint density at radius 3 is 2.00 bits per heavy atom. The number of fused-ring (bicyclic) bond motifs is 5. The Kier molecular flexibility index (Phi) is 6.83. The molecule has 0 aromatic heterocycles. The van der Waals surface area contributed by atoms with E-state index in [-0.39, 0.29) is 5.41 Å². The average molecular weight is 618 g/mol. The van der Waals surface area contributed by atoms with Crippen molar-refractivity contribution < 1.29 is 0 Å². The van der Waals surface area contributed by atoms with Gasteiger partial charge in [0.15, 0.2) is 0 Å². The monoisotopic (exact) mass is 617 g/mol. The molecule has 0 aliphatic heterocycles. The largest absolute Gasteiger partial charge is 0.310 e. The van der Waals surface area contributed by atoms with Gasteiger partial charge in [0.05, 0.1) is 5.69 Å². The number of para-hydroxylation sites is 1. The van der Waals surface area contributed by atoms with Crippen LogP contribution in [0.3, 0.4) is 0 Å². The van der Waals surface area contributed by atoms with Crippen molar-refractivity contribution in [1.82, 2.24) is 0 Å². The molecule has 1 nitrogen and oxygen atoms in total. The van der Waals surface area contributed by atoms with Gasteiger partial charge in [0.2, 0.25) is 0 Å². The van der Waals surface area contributed by atoms with E-state index in [2.05, 4.69) is 170 Å². The highest BCUT2D eigenvalue weighted by atomic mass is 15.1. The summed E-state index contributed by atoms with van der Waals surface area (Å²) in [5.41, 5.74) is 17.2. The number of rotatable bonds is 5. The second-order valence-electron chi connectivity index (χ2n) is 14.0. The normalized spacial score (nSPS) is 14.3. The third-order valence-electron chi connectivity index (χ3n) is 10.8. The van der Waals surface area contributed by atoms with Crippen molar-refractivity contribution in [3.05, 3.63) is 174 Å². The zero-order valence-corrected chi connectivity index (χ0v) is 27.7. The summed E-state index contributed by atoms with van der Waals surface area (Å²) in [6, 6.07) is 56.5. The Balaban J connectivity index is 1.27. The molecule has 0 heterocycles. The second kappa shape index (κ2) is 11.4. The fraction of sp³-hybridized carbons (Fsp3) is 0.149. The lowest BCUT2D eigenvalue weighted by atomic mass is 9.80. The molecule has 0 atom stereocenters. The van der Waals surface area contributed by atoms with Gasteiger partial charge >= 0.3 is 0 Å². The van der Waals surface area contributed by atoms with Gasteiger partial charge in [0.25, 0.3) is 0 Å². The number of aryl methyl sites for hydroxylation is 1. The molecule has 9 rings (SSSR count). The van der Waals surface area contributed by atoms with E-state index in [4.69, 9.17) is 0 Å². The van der Waals surface area contributed by atoms with Gasteiger partial charge in [-0.25, -0.2) is 0 Å². The first-order valence-electron chi connectivity index (χ1n) is 17.4. The van der Waals surface area contributed by atoms with Gasteiger partial charge in [0.1, 0.15) is 0 Å². The van der Waals surface area contributed by atoms with Crippen LogP contribution in [0.1, 0.15) is 48.9 Å². The maximum atomic E-state index is 2.52. The molecule has 0 amide bonds. The van der Waals surface area contributed by atoms with E-state index in [0.29, 0.717) is 0 Å². The van der Waals surface area contributed by atoms with Crippen molar-refractivity contribution >= 4 is 27.8 Å². The smallest absolute Gasteiger partial charge is 0.0543 e. The van der Waals surface area contributed by atoms with E-state index in [0.717, 1.165) is 24.2 Å². The summed E-state index contributed by atoms with van der Waals surface area (Å²) in [4.78, 5) is 2.49. The van der Waals surface area contributed by atoms with Crippen molar-refractivity contribution in [2.24, 2.45) is 0 Å². The Morgan fingerprint density at radius 2 is 1.15 bits per heavy atom. The topological polar surface area (TPSA) is 3.24 Å². The first kappa shape index (κ1) is 28.8. The lowest BCUT2D eigenvalue weighted by molar-refractivity contribution is 0.660. The summed E-state index contributed by atoms with van der Waals surface area (Å²) in [6.07, 6.45) is 4.82. The first-order valence-corrected chi connectivity index (χ1v) is 17.4. The summed E-state index contributed by atoms with van der Waals surface area (Å²) in [6.45, 7) is 4.77. The second-order valence-corrected chi connectivity index (χ2v) is 14.0.